The van der Waals surface area contributed by atoms with Crippen molar-refractivity contribution in [2.24, 2.45) is 0 Å². The van der Waals surface area contributed by atoms with Crippen molar-refractivity contribution in [3.63, 3.8) is 0 Å². The van der Waals surface area contributed by atoms with Gasteiger partial charge < -0.3 is 0 Å². The maximum Gasteiger partial charge on any atom is 0.422 e. The third kappa shape index (κ3) is 2.93. The normalized spacial score (nSPS) is 17.8. The number of Topliss-reactive ketones (excluding diaryl/α,β-unsaturated/α-hetero) is 1. The summed E-state index contributed by atoms with van der Waals surface area (Å²) in [7, 11) is 0. The van der Waals surface area contributed by atoms with Crippen molar-refractivity contribution in [2.75, 3.05) is 0 Å². The maximum absolute atomic E-state index is 13.4. The fourth-order valence-corrected chi connectivity index (χ4v) is 2.37. The Bertz CT molecular complexity index is 473. The molecule has 0 aliphatic heterocycles. The van der Waals surface area contributed by atoms with Gasteiger partial charge in [-0.1, -0.05) is 0 Å². The SMILES string of the molecule is O=C1CCC(c2cc(F)c(C(F)(F)F)c(F)c2)CC1. The molecule has 6 heteroatoms. The first kappa shape index (κ1) is 14.0. The molecule has 1 saturated carbocycles. The van der Waals surface area contributed by atoms with E-state index in [1.54, 1.807) is 0 Å². The molecule has 0 unspecified atom stereocenters. The number of ketones is 1. The highest BCUT2D eigenvalue weighted by molar-refractivity contribution is 5.79. The Morgan fingerprint density at radius 1 is 1.00 bits per heavy atom. The van der Waals surface area contributed by atoms with Crippen molar-refractivity contribution >= 4 is 5.78 Å². The minimum absolute atomic E-state index is 0.0732. The average Bonchev–Trinajstić information content (AvgIpc) is 2.26. The second-order valence-corrected chi connectivity index (χ2v) is 4.67. The number of carbonyl (C=O) groups is 1. The summed E-state index contributed by atoms with van der Waals surface area (Å²) in [6.45, 7) is 0. The van der Waals surface area contributed by atoms with Crippen LogP contribution in [0.15, 0.2) is 12.1 Å². The van der Waals surface area contributed by atoms with E-state index in [9.17, 15) is 26.7 Å². The Balaban J connectivity index is 2.32. The van der Waals surface area contributed by atoms with E-state index in [1.807, 2.05) is 0 Å². The molecule has 19 heavy (non-hydrogen) atoms. The molecule has 0 N–H and O–H groups in total. The molecule has 1 aliphatic carbocycles. The Hall–Kier alpha value is -1.46. The van der Waals surface area contributed by atoms with Crippen LogP contribution in [0.4, 0.5) is 22.0 Å². The van der Waals surface area contributed by atoms with E-state index < -0.39 is 23.4 Å². The molecule has 1 nitrogen and oxygen atoms in total. The van der Waals surface area contributed by atoms with Gasteiger partial charge in [0.2, 0.25) is 0 Å². The quantitative estimate of drug-likeness (QED) is 0.703. The number of carbonyl (C=O) groups excluding carboxylic acids is 1. The zero-order valence-corrected chi connectivity index (χ0v) is 9.86. The fourth-order valence-electron chi connectivity index (χ4n) is 2.37. The lowest BCUT2D eigenvalue weighted by Crippen LogP contribution is -2.15. The van der Waals surface area contributed by atoms with E-state index in [0.29, 0.717) is 25.7 Å². The van der Waals surface area contributed by atoms with Crippen molar-refractivity contribution in [1.82, 2.24) is 0 Å². The van der Waals surface area contributed by atoms with Gasteiger partial charge in [-0.2, -0.15) is 13.2 Å². The summed E-state index contributed by atoms with van der Waals surface area (Å²) < 4.78 is 64.1. The first-order chi connectivity index (χ1) is 8.79. The third-order valence-electron chi connectivity index (χ3n) is 3.36. The van der Waals surface area contributed by atoms with E-state index >= 15 is 0 Å². The highest BCUT2D eigenvalue weighted by Crippen LogP contribution is 2.37. The Kier molecular flexibility index (Phi) is 3.60. The van der Waals surface area contributed by atoms with Crippen LogP contribution in [0.1, 0.15) is 42.7 Å². The summed E-state index contributed by atoms with van der Waals surface area (Å²) in [6.07, 6.45) is -3.61. The zero-order chi connectivity index (χ0) is 14.2. The predicted molar refractivity (Wildman–Crippen MR) is 57.6 cm³/mol. The van der Waals surface area contributed by atoms with Gasteiger partial charge in [0, 0.05) is 12.8 Å². The summed E-state index contributed by atoms with van der Waals surface area (Å²) in [5.74, 6) is -3.38. The van der Waals surface area contributed by atoms with Gasteiger partial charge in [0.05, 0.1) is 0 Å². The molecular formula is C13H11F5O. The van der Waals surface area contributed by atoms with E-state index in [4.69, 9.17) is 0 Å². The van der Waals surface area contributed by atoms with Crippen molar-refractivity contribution in [2.45, 2.75) is 37.8 Å². The van der Waals surface area contributed by atoms with Crippen LogP contribution in [-0.2, 0) is 11.0 Å². The molecule has 104 valence electrons. The van der Waals surface area contributed by atoms with Gasteiger partial charge >= 0.3 is 6.18 Å². The van der Waals surface area contributed by atoms with Crippen LogP contribution in [-0.4, -0.2) is 5.78 Å². The number of halogens is 5. The van der Waals surface area contributed by atoms with Crippen LogP contribution >= 0.6 is 0 Å². The molecule has 0 amide bonds. The molecule has 1 fully saturated rings. The molecule has 0 spiro atoms. The van der Waals surface area contributed by atoms with Crippen LogP contribution in [0.2, 0.25) is 0 Å². The molecule has 0 saturated heterocycles. The second-order valence-electron chi connectivity index (χ2n) is 4.67. The van der Waals surface area contributed by atoms with Crippen molar-refractivity contribution in [3.05, 3.63) is 34.9 Å². The topological polar surface area (TPSA) is 17.1 Å². The maximum atomic E-state index is 13.4. The van der Waals surface area contributed by atoms with E-state index in [0.717, 1.165) is 12.1 Å². The van der Waals surface area contributed by atoms with Crippen LogP contribution in [0, 0.1) is 11.6 Å². The largest absolute Gasteiger partial charge is 0.422 e. The first-order valence-corrected chi connectivity index (χ1v) is 5.87. The summed E-state index contributed by atoms with van der Waals surface area (Å²) in [4.78, 5) is 11.1. The molecule has 2 rings (SSSR count). The van der Waals surface area contributed by atoms with Crippen LogP contribution < -0.4 is 0 Å². The number of alkyl halides is 3. The molecule has 1 aromatic carbocycles. The number of hydrogen-bond donors (Lipinski definition) is 0. The molecule has 0 radical (unpaired) electrons. The van der Waals surface area contributed by atoms with Gasteiger partial charge in [-0.3, -0.25) is 4.79 Å². The predicted octanol–water partition coefficient (Wildman–Crippen LogP) is 4.21. The summed E-state index contributed by atoms with van der Waals surface area (Å²) in [6, 6.07) is 1.46. The second kappa shape index (κ2) is 4.90. The van der Waals surface area contributed by atoms with Crippen LogP contribution in [0.5, 0.6) is 0 Å². The van der Waals surface area contributed by atoms with Gasteiger partial charge in [-0.25, -0.2) is 8.78 Å². The smallest absolute Gasteiger partial charge is 0.300 e. The Morgan fingerprint density at radius 3 is 1.89 bits per heavy atom. The molecule has 0 bridgehead atoms. The summed E-state index contributed by atoms with van der Waals surface area (Å²) in [5.41, 5.74) is -1.67. The molecule has 0 atom stereocenters. The van der Waals surface area contributed by atoms with Gasteiger partial charge in [0.15, 0.2) is 0 Å². The summed E-state index contributed by atoms with van der Waals surface area (Å²) in [5, 5.41) is 0. The zero-order valence-electron chi connectivity index (χ0n) is 9.86. The van der Waals surface area contributed by atoms with E-state index in [2.05, 4.69) is 0 Å². The molecule has 0 aromatic heterocycles. The van der Waals surface area contributed by atoms with Gasteiger partial charge in [0.25, 0.3) is 0 Å². The van der Waals surface area contributed by atoms with Gasteiger partial charge in [-0.05, 0) is 36.5 Å². The lowest BCUT2D eigenvalue weighted by atomic mass is 9.83. The van der Waals surface area contributed by atoms with Gasteiger partial charge in [-0.15, -0.1) is 0 Å². The lowest BCUT2D eigenvalue weighted by molar-refractivity contribution is -0.142. The lowest BCUT2D eigenvalue weighted by Gasteiger charge is -2.22. The van der Waals surface area contributed by atoms with Crippen molar-refractivity contribution in [3.8, 4) is 0 Å². The van der Waals surface area contributed by atoms with Crippen molar-refractivity contribution < 1.29 is 26.7 Å². The summed E-state index contributed by atoms with van der Waals surface area (Å²) >= 11 is 0. The number of rotatable bonds is 1. The van der Waals surface area contributed by atoms with E-state index in [-0.39, 0.29) is 17.3 Å². The molecular weight excluding hydrogens is 267 g/mol. The fraction of sp³-hybridized carbons (Fsp3) is 0.462. The standard InChI is InChI=1S/C13H11F5O/c14-10-5-8(7-1-3-9(19)4-2-7)6-11(15)12(10)13(16,17)18/h5-7H,1-4H2. The monoisotopic (exact) mass is 278 g/mol. The minimum Gasteiger partial charge on any atom is -0.300 e. The van der Waals surface area contributed by atoms with E-state index in [1.165, 1.54) is 0 Å². The van der Waals surface area contributed by atoms with Crippen LogP contribution in [0.3, 0.4) is 0 Å². The highest BCUT2D eigenvalue weighted by Gasteiger charge is 2.38. The molecule has 1 aromatic rings. The third-order valence-corrected chi connectivity index (χ3v) is 3.36. The molecule has 1 aliphatic rings. The van der Waals surface area contributed by atoms with Crippen molar-refractivity contribution in [1.29, 1.82) is 0 Å². The van der Waals surface area contributed by atoms with Crippen LogP contribution in [0.25, 0.3) is 0 Å². The van der Waals surface area contributed by atoms with Gasteiger partial charge in [0.1, 0.15) is 23.0 Å². The highest BCUT2D eigenvalue weighted by atomic mass is 19.4. The first-order valence-electron chi connectivity index (χ1n) is 5.87. The number of benzene rings is 1. The Morgan fingerprint density at radius 2 is 1.47 bits per heavy atom. The minimum atomic E-state index is -5.05. The average molecular weight is 278 g/mol. The molecule has 0 heterocycles. The Labute approximate surface area is 106 Å². The number of hydrogen-bond acceptors (Lipinski definition) is 1.